The molecule has 1 N–H and O–H groups in total. The fraction of sp³-hybridized carbons (Fsp3) is 0.500. The Bertz CT molecular complexity index is 715. The van der Waals surface area contributed by atoms with Gasteiger partial charge in [-0.3, -0.25) is 0 Å². The predicted octanol–water partition coefficient (Wildman–Crippen LogP) is 4.82. The number of hydrogen-bond acceptors (Lipinski definition) is 3. The standard InChI is InChI=1S/C24H33NO2/c1-25(2)17-15-23(19-10-5-4-6-11-19)24(26)16-8-7-14-22(24)20-12-9-13-21(18-20)27-3/h4-6,9-13,18,22-23,26H,7-8,14-17H2,1-3H3. The number of ether oxygens (including phenoxy) is 1. The van der Waals surface area contributed by atoms with Crippen molar-refractivity contribution in [1.82, 2.24) is 4.90 Å². The molecule has 2 aromatic carbocycles. The molecule has 0 heterocycles. The summed E-state index contributed by atoms with van der Waals surface area (Å²) in [4.78, 5) is 2.21. The maximum absolute atomic E-state index is 12.1. The molecule has 0 aliphatic heterocycles. The molecular formula is C24H33NO2. The monoisotopic (exact) mass is 367 g/mol. The van der Waals surface area contributed by atoms with Gasteiger partial charge in [0.1, 0.15) is 5.75 Å². The summed E-state index contributed by atoms with van der Waals surface area (Å²) in [7, 11) is 5.91. The Labute approximate surface area is 164 Å². The lowest BCUT2D eigenvalue weighted by Crippen LogP contribution is -2.45. The highest BCUT2D eigenvalue weighted by Crippen LogP contribution is 2.50. The molecule has 3 rings (SSSR count). The Morgan fingerprint density at radius 3 is 2.59 bits per heavy atom. The first kappa shape index (κ1) is 19.9. The van der Waals surface area contributed by atoms with Crippen LogP contribution in [0.1, 0.15) is 55.1 Å². The molecule has 1 aliphatic rings. The van der Waals surface area contributed by atoms with Crippen LogP contribution < -0.4 is 4.74 Å². The quantitative estimate of drug-likeness (QED) is 0.761. The van der Waals surface area contributed by atoms with E-state index in [1.165, 1.54) is 17.5 Å². The number of hydrogen-bond donors (Lipinski definition) is 1. The first-order valence-corrected chi connectivity index (χ1v) is 10.1. The van der Waals surface area contributed by atoms with E-state index in [0.717, 1.165) is 38.0 Å². The van der Waals surface area contributed by atoms with Gasteiger partial charge in [0.05, 0.1) is 12.7 Å². The Kier molecular flexibility index (Phi) is 6.56. The van der Waals surface area contributed by atoms with Crippen LogP contribution in [0.4, 0.5) is 0 Å². The topological polar surface area (TPSA) is 32.7 Å². The summed E-state index contributed by atoms with van der Waals surface area (Å²) in [6, 6.07) is 18.9. The van der Waals surface area contributed by atoms with Gasteiger partial charge in [-0.1, -0.05) is 55.3 Å². The maximum atomic E-state index is 12.1. The van der Waals surface area contributed by atoms with Crippen LogP contribution in [0, 0.1) is 0 Å². The molecule has 0 spiro atoms. The van der Waals surface area contributed by atoms with Crippen molar-refractivity contribution in [1.29, 1.82) is 0 Å². The van der Waals surface area contributed by atoms with E-state index in [0.29, 0.717) is 0 Å². The van der Waals surface area contributed by atoms with Crippen LogP contribution in [0.25, 0.3) is 0 Å². The second-order valence-corrected chi connectivity index (χ2v) is 8.12. The van der Waals surface area contributed by atoms with E-state index in [9.17, 15) is 5.11 Å². The minimum Gasteiger partial charge on any atom is -0.497 e. The summed E-state index contributed by atoms with van der Waals surface area (Å²) < 4.78 is 5.45. The Balaban J connectivity index is 2.00. The van der Waals surface area contributed by atoms with Gasteiger partial charge < -0.3 is 14.7 Å². The van der Waals surface area contributed by atoms with E-state index in [1.54, 1.807) is 7.11 Å². The molecule has 0 amide bonds. The van der Waals surface area contributed by atoms with Gasteiger partial charge in [0.2, 0.25) is 0 Å². The largest absolute Gasteiger partial charge is 0.497 e. The summed E-state index contributed by atoms with van der Waals surface area (Å²) in [5, 5.41) is 12.1. The van der Waals surface area contributed by atoms with Gasteiger partial charge in [0.15, 0.2) is 0 Å². The Morgan fingerprint density at radius 1 is 1.11 bits per heavy atom. The lowest BCUT2D eigenvalue weighted by atomic mass is 9.63. The van der Waals surface area contributed by atoms with Crippen LogP contribution in [0.5, 0.6) is 5.75 Å². The highest BCUT2D eigenvalue weighted by atomic mass is 16.5. The van der Waals surface area contributed by atoms with E-state index in [-0.39, 0.29) is 11.8 Å². The minimum absolute atomic E-state index is 0.123. The summed E-state index contributed by atoms with van der Waals surface area (Å²) >= 11 is 0. The summed E-state index contributed by atoms with van der Waals surface area (Å²) in [6.07, 6.45) is 5.08. The minimum atomic E-state index is -0.734. The number of aliphatic hydroxyl groups is 1. The Morgan fingerprint density at radius 2 is 1.89 bits per heavy atom. The lowest BCUT2D eigenvalue weighted by Gasteiger charge is -2.46. The highest BCUT2D eigenvalue weighted by molar-refractivity contribution is 5.35. The molecule has 3 atom stereocenters. The third-order valence-corrected chi connectivity index (χ3v) is 6.09. The van der Waals surface area contributed by atoms with Crippen molar-refractivity contribution in [2.75, 3.05) is 27.7 Å². The molecule has 0 bridgehead atoms. The van der Waals surface area contributed by atoms with Crippen molar-refractivity contribution in [3.63, 3.8) is 0 Å². The van der Waals surface area contributed by atoms with E-state index in [4.69, 9.17) is 4.74 Å². The second-order valence-electron chi connectivity index (χ2n) is 8.12. The van der Waals surface area contributed by atoms with Gasteiger partial charge >= 0.3 is 0 Å². The van der Waals surface area contributed by atoms with Gasteiger partial charge in [-0.25, -0.2) is 0 Å². The summed E-state index contributed by atoms with van der Waals surface area (Å²) in [6.45, 7) is 0.965. The Hall–Kier alpha value is -1.84. The zero-order valence-electron chi connectivity index (χ0n) is 16.9. The van der Waals surface area contributed by atoms with Crippen LogP contribution >= 0.6 is 0 Å². The SMILES string of the molecule is COc1cccc(C2CCCCC2(O)C(CCN(C)C)c2ccccc2)c1. The van der Waals surface area contributed by atoms with Crippen molar-refractivity contribution >= 4 is 0 Å². The van der Waals surface area contributed by atoms with Gasteiger partial charge in [0, 0.05) is 11.8 Å². The van der Waals surface area contributed by atoms with Gasteiger partial charge in [0.25, 0.3) is 0 Å². The van der Waals surface area contributed by atoms with Crippen molar-refractivity contribution in [3.8, 4) is 5.75 Å². The number of rotatable bonds is 7. The van der Waals surface area contributed by atoms with Crippen molar-refractivity contribution < 1.29 is 9.84 Å². The van der Waals surface area contributed by atoms with E-state index >= 15 is 0 Å². The lowest BCUT2D eigenvalue weighted by molar-refractivity contribution is -0.0450. The second kappa shape index (κ2) is 8.90. The number of methoxy groups -OCH3 is 1. The van der Waals surface area contributed by atoms with Crippen LogP contribution in [0.15, 0.2) is 54.6 Å². The predicted molar refractivity (Wildman–Crippen MR) is 112 cm³/mol. The van der Waals surface area contributed by atoms with E-state index in [2.05, 4.69) is 61.5 Å². The molecule has 0 aromatic heterocycles. The van der Waals surface area contributed by atoms with Gasteiger partial charge in [-0.05, 0) is 63.2 Å². The molecule has 1 fully saturated rings. The van der Waals surface area contributed by atoms with Crippen LogP contribution in [-0.4, -0.2) is 43.4 Å². The zero-order valence-corrected chi connectivity index (χ0v) is 16.9. The first-order valence-electron chi connectivity index (χ1n) is 10.1. The molecular weight excluding hydrogens is 334 g/mol. The van der Waals surface area contributed by atoms with Gasteiger partial charge in [-0.2, -0.15) is 0 Å². The summed E-state index contributed by atoms with van der Waals surface area (Å²) in [5.74, 6) is 1.12. The average Bonchev–Trinajstić information content (AvgIpc) is 2.69. The fourth-order valence-corrected chi connectivity index (χ4v) is 4.69. The molecule has 0 radical (unpaired) electrons. The molecule has 27 heavy (non-hydrogen) atoms. The molecule has 3 heteroatoms. The molecule has 1 aliphatic carbocycles. The van der Waals surface area contributed by atoms with E-state index < -0.39 is 5.60 Å². The smallest absolute Gasteiger partial charge is 0.119 e. The van der Waals surface area contributed by atoms with E-state index in [1.807, 2.05) is 12.1 Å². The third kappa shape index (κ3) is 4.53. The third-order valence-electron chi connectivity index (χ3n) is 6.09. The van der Waals surface area contributed by atoms with Crippen molar-refractivity contribution in [3.05, 3.63) is 65.7 Å². The number of benzene rings is 2. The van der Waals surface area contributed by atoms with Crippen molar-refractivity contribution in [2.45, 2.75) is 49.5 Å². The fourth-order valence-electron chi connectivity index (χ4n) is 4.69. The first-order chi connectivity index (χ1) is 13.0. The van der Waals surface area contributed by atoms with Crippen LogP contribution in [0.2, 0.25) is 0 Å². The molecule has 0 saturated heterocycles. The van der Waals surface area contributed by atoms with Crippen LogP contribution in [-0.2, 0) is 0 Å². The normalized spacial score (nSPS) is 24.0. The van der Waals surface area contributed by atoms with Crippen LogP contribution in [0.3, 0.4) is 0 Å². The average molecular weight is 368 g/mol. The van der Waals surface area contributed by atoms with Gasteiger partial charge in [-0.15, -0.1) is 0 Å². The molecule has 3 nitrogen and oxygen atoms in total. The number of nitrogens with zero attached hydrogens (tertiary/aromatic N) is 1. The highest BCUT2D eigenvalue weighted by Gasteiger charge is 2.46. The maximum Gasteiger partial charge on any atom is 0.119 e. The zero-order chi connectivity index (χ0) is 19.3. The van der Waals surface area contributed by atoms with Crippen molar-refractivity contribution in [2.24, 2.45) is 0 Å². The molecule has 2 aromatic rings. The summed E-state index contributed by atoms with van der Waals surface area (Å²) in [5.41, 5.74) is 1.71. The molecule has 1 saturated carbocycles. The molecule has 146 valence electrons. The molecule has 3 unspecified atom stereocenters.